The Balaban J connectivity index is 2.50. The second-order valence-electron chi connectivity index (χ2n) is 4.61. The van der Waals surface area contributed by atoms with E-state index in [0.29, 0.717) is 12.5 Å². The maximum absolute atomic E-state index is 5.51. The molecule has 19 heavy (non-hydrogen) atoms. The molecule has 108 valence electrons. The lowest BCUT2D eigenvalue weighted by molar-refractivity contribution is 0.310. The van der Waals surface area contributed by atoms with Gasteiger partial charge in [-0.15, -0.1) is 0 Å². The van der Waals surface area contributed by atoms with Gasteiger partial charge in [0.15, 0.2) is 11.5 Å². The zero-order chi connectivity index (χ0) is 14.1. The van der Waals surface area contributed by atoms with Gasteiger partial charge in [-0.05, 0) is 49.1 Å². The van der Waals surface area contributed by atoms with E-state index in [4.69, 9.17) is 9.47 Å². The van der Waals surface area contributed by atoms with E-state index in [9.17, 15) is 0 Å². The molecule has 1 rings (SSSR count). The fourth-order valence-corrected chi connectivity index (χ4v) is 2.59. The van der Waals surface area contributed by atoms with Gasteiger partial charge in [0.2, 0.25) is 0 Å². The van der Waals surface area contributed by atoms with Crippen LogP contribution in [0.15, 0.2) is 18.2 Å². The molecule has 0 aliphatic carbocycles. The van der Waals surface area contributed by atoms with Crippen molar-refractivity contribution in [1.29, 1.82) is 0 Å². The Hall–Kier alpha value is -0.870. The van der Waals surface area contributed by atoms with Crippen LogP contribution < -0.4 is 14.8 Å². The Kier molecular flexibility index (Phi) is 7.75. The quantitative estimate of drug-likeness (QED) is 0.754. The summed E-state index contributed by atoms with van der Waals surface area (Å²) in [5.74, 6) is 3.50. The molecule has 1 N–H and O–H groups in total. The molecule has 0 spiro atoms. The summed E-state index contributed by atoms with van der Waals surface area (Å²) in [7, 11) is 1.68. The summed E-state index contributed by atoms with van der Waals surface area (Å²) in [5, 5.41) is 3.48. The fraction of sp³-hybridized carbons (Fsp3) is 0.600. The van der Waals surface area contributed by atoms with E-state index in [2.05, 4.69) is 24.6 Å². The van der Waals surface area contributed by atoms with Gasteiger partial charge >= 0.3 is 0 Å². The largest absolute Gasteiger partial charge is 0.493 e. The normalized spacial score (nSPS) is 12.2. The van der Waals surface area contributed by atoms with Gasteiger partial charge < -0.3 is 14.8 Å². The highest BCUT2D eigenvalue weighted by atomic mass is 32.2. The van der Waals surface area contributed by atoms with Crippen LogP contribution in [0.2, 0.25) is 0 Å². The Labute approximate surface area is 121 Å². The minimum atomic E-state index is 0.653. The van der Waals surface area contributed by atoms with Gasteiger partial charge in [0, 0.05) is 6.54 Å². The van der Waals surface area contributed by atoms with Gasteiger partial charge in [-0.3, -0.25) is 0 Å². The van der Waals surface area contributed by atoms with Gasteiger partial charge in [-0.2, -0.15) is 11.8 Å². The number of nitrogens with one attached hydrogen (secondary N) is 1. The van der Waals surface area contributed by atoms with Gasteiger partial charge in [0.05, 0.1) is 13.7 Å². The van der Waals surface area contributed by atoms with Crippen LogP contribution in [0.5, 0.6) is 11.5 Å². The molecule has 0 saturated heterocycles. The van der Waals surface area contributed by atoms with Crippen LogP contribution in [-0.4, -0.2) is 32.3 Å². The summed E-state index contributed by atoms with van der Waals surface area (Å²) >= 11 is 1.89. The average Bonchev–Trinajstić information content (AvgIpc) is 2.41. The highest BCUT2D eigenvalue weighted by Crippen LogP contribution is 2.27. The van der Waals surface area contributed by atoms with E-state index in [1.807, 2.05) is 30.8 Å². The maximum atomic E-state index is 5.51. The number of ether oxygens (including phenoxy) is 2. The Morgan fingerprint density at radius 2 is 2.11 bits per heavy atom. The van der Waals surface area contributed by atoms with Gasteiger partial charge in [0.1, 0.15) is 0 Å². The maximum Gasteiger partial charge on any atom is 0.161 e. The molecule has 1 aromatic rings. The van der Waals surface area contributed by atoms with Crippen molar-refractivity contribution in [2.75, 3.05) is 32.3 Å². The summed E-state index contributed by atoms with van der Waals surface area (Å²) in [6.07, 6.45) is 2.15. The van der Waals surface area contributed by atoms with E-state index in [-0.39, 0.29) is 0 Å². The molecule has 0 aliphatic heterocycles. The zero-order valence-electron chi connectivity index (χ0n) is 12.4. The average molecular weight is 283 g/mol. The molecule has 0 amide bonds. The van der Waals surface area contributed by atoms with Crippen molar-refractivity contribution in [3.63, 3.8) is 0 Å². The number of rotatable bonds is 9. The topological polar surface area (TPSA) is 30.5 Å². The van der Waals surface area contributed by atoms with Crippen molar-refractivity contribution >= 4 is 11.8 Å². The summed E-state index contributed by atoms with van der Waals surface area (Å²) in [6.45, 7) is 6.79. The molecule has 0 aromatic heterocycles. The molecule has 1 unspecified atom stereocenters. The lowest BCUT2D eigenvalue weighted by atomic mass is 10.2. The standard InChI is InChI=1S/C15H25NO2S/c1-5-18-14-7-6-13(8-15(14)17-3)10-16-9-12(2)11-19-4/h6-8,12,16H,5,9-11H2,1-4H3. The van der Waals surface area contributed by atoms with E-state index < -0.39 is 0 Å². The van der Waals surface area contributed by atoms with Crippen molar-refractivity contribution in [3.05, 3.63) is 23.8 Å². The second-order valence-corrected chi connectivity index (χ2v) is 5.52. The highest BCUT2D eigenvalue weighted by Gasteiger charge is 2.06. The molecule has 0 heterocycles. The van der Waals surface area contributed by atoms with Crippen LogP contribution in [0.4, 0.5) is 0 Å². The Morgan fingerprint density at radius 3 is 2.74 bits per heavy atom. The van der Waals surface area contributed by atoms with Crippen LogP contribution >= 0.6 is 11.8 Å². The third-order valence-corrected chi connectivity index (χ3v) is 3.70. The SMILES string of the molecule is CCOc1ccc(CNCC(C)CSC)cc1OC. The van der Waals surface area contributed by atoms with Crippen molar-refractivity contribution in [3.8, 4) is 11.5 Å². The smallest absolute Gasteiger partial charge is 0.161 e. The number of methoxy groups -OCH3 is 1. The van der Waals surface area contributed by atoms with Crippen LogP contribution in [0.1, 0.15) is 19.4 Å². The minimum absolute atomic E-state index is 0.653. The number of benzene rings is 1. The zero-order valence-corrected chi connectivity index (χ0v) is 13.2. The molecular formula is C15H25NO2S. The lowest BCUT2D eigenvalue weighted by Crippen LogP contribution is -2.22. The highest BCUT2D eigenvalue weighted by molar-refractivity contribution is 7.98. The summed E-state index contributed by atoms with van der Waals surface area (Å²) in [6, 6.07) is 6.10. The fourth-order valence-electron chi connectivity index (χ4n) is 1.90. The molecule has 4 heteroatoms. The lowest BCUT2D eigenvalue weighted by Gasteiger charge is -2.13. The summed E-state index contributed by atoms with van der Waals surface area (Å²) < 4.78 is 10.9. The minimum Gasteiger partial charge on any atom is -0.493 e. The first-order chi connectivity index (χ1) is 9.21. The molecule has 0 bridgehead atoms. The van der Waals surface area contributed by atoms with Crippen LogP contribution in [-0.2, 0) is 6.54 Å². The van der Waals surface area contributed by atoms with Crippen molar-refractivity contribution in [1.82, 2.24) is 5.32 Å². The van der Waals surface area contributed by atoms with E-state index in [0.717, 1.165) is 24.6 Å². The predicted octanol–water partition coefficient (Wildman–Crippen LogP) is 3.18. The molecule has 1 atom stereocenters. The van der Waals surface area contributed by atoms with Gasteiger partial charge in [0.25, 0.3) is 0 Å². The van der Waals surface area contributed by atoms with Crippen LogP contribution in [0, 0.1) is 5.92 Å². The van der Waals surface area contributed by atoms with Crippen molar-refractivity contribution in [2.24, 2.45) is 5.92 Å². The predicted molar refractivity (Wildman–Crippen MR) is 83.4 cm³/mol. The number of hydrogen-bond donors (Lipinski definition) is 1. The molecular weight excluding hydrogens is 258 g/mol. The molecule has 0 radical (unpaired) electrons. The molecule has 0 saturated carbocycles. The first kappa shape index (κ1) is 16.2. The summed E-state index contributed by atoms with van der Waals surface area (Å²) in [5.41, 5.74) is 1.22. The molecule has 1 aromatic carbocycles. The third-order valence-electron chi connectivity index (χ3n) is 2.80. The number of thioether (sulfide) groups is 1. The monoisotopic (exact) mass is 283 g/mol. The van der Waals surface area contributed by atoms with Crippen molar-refractivity contribution < 1.29 is 9.47 Å². The molecule has 0 fully saturated rings. The van der Waals surface area contributed by atoms with Gasteiger partial charge in [-0.1, -0.05) is 13.0 Å². The number of hydrogen-bond acceptors (Lipinski definition) is 4. The Morgan fingerprint density at radius 1 is 1.32 bits per heavy atom. The molecule has 3 nitrogen and oxygen atoms in total. The second kappa shape index (κ2) is 9.10. The first-order valence-corrected chi connectivity index (χ1v) is 8.10. The Bertz CT molecular complexity index is 371. The van der Waals surface area contributed by atoms with E-state index in [1.54, 1.807) is 7.11 Å². The van der Waals surface area contributed by atoms with Gasteiger partial charge in [-0.25, -0.2) is 0 Å². The van der Waals surface area contributed by atoms with E-state index in [1.165, 1.54) is 11.3 Å². The molecule has 0 aliphatic rings. The van der Waals surface area contributed by atoms with E-state index >= 15 is 0 Å². The summed E-state index contributed by atoms with van der Waals surface area (Å²) in [4.78, 5) is 0. The van der Waals surface area contributed by atoms with Crippen molar-refractivity contribution in [2.45, 2.75) is 20.4 Å². The van der Waals surface area contributed by atoms with Crippen LogP contribution in [0.3, 0.4) is 0 Å². The first-order valence-electron chi connectivity index (χ1n) is 6.70. The van der Waals surface area contributed by atoms with Crippen LogP contribution in [0.25, 0.3) is 0 Å². The third kappa shape index (κ3) is 5.74.